The Morgan fingerprint density at radius 2 is 1.85 bits per heavy atom. The van der Waals surface area contributed by atoms with Gasteiger partial charge < -0.3 is 4.98 Å². The number of H-pyrrole nitrogens is 1. The van der Waals surface area contributed by atoms with Crippen LogP contribution in [0.25, 0.3) is 0 Å². The Balaban J connectivity index is 3.38. The molecule has 1 rings (SSSR count). The van der Waals surface area contributed by atoms with Crippen LogP contribution in [0.2, 0.25) is 0 Å². The molecule has 0 radical (unpaired) electrons. The van der Waals surface area contributed by atoms with Crippen molar-refractivity contribution in [1.29, 1.82) is 0 Å². The third-order valence-corrected chi connectivity index (χ3v) is 2.20. The molecule has 0 fully saturated rings. The second-order valence-corrected chi connectivity index (χ2v) is 4.90. The Morgan fingerprint density at radius 1 is 1.31 bits per heavy atom. The van der Waals surface area contributed by atoms with Gasteiger partial charge in [-0.25, -0.2) is 4.98 Å². The summed E-state index contributed by atoms with van der Waals surface area (Å²) in [5.41, 5.74) is 0.803. The van der Waals surface area contributed by atoms with Crippen molar-refractivity contribution in [2.75, 3.05) is 0 Å². The molecule has 1 aromatic heterocycles. The molecule has 0 atom stereocenters. The summed E-state index contributed by atoms with van der Waals surface area (Å²) in [5.74, 6) is 0.0469. The quantitative estimate of drug-likeness (QED) is 0.708. The van der Waals surface area contributed by atoms with Crippen molar-refractivity contribution in [3.63, 3.8) is 0 Å². The maximum atomic E-state index is 11.2. The SMILES string of the molecule is Cc1nc(C(Cl)(Cl)Cl)[nH]c(=O)c1C. The number of aromatic nitrogens is 2. The number of rotatable bonds is 0. The zero-order valence-corrected chi connectivity index (χ0v) is 9.26. The highest BCUT2D eigenvalue weighted by Crippen LogP contribution is 2.35. The molecule has 0 saturated carbocycles. The van der Waals surface area contributed by atoms with Crippen LogP contribution in [0.4, 0.5) is 0 Å². The van der Waals surface area contributed by atoms with Crippen molar-refractivity contribution >= 4 is 34.8 Å². The second kappa shape index (κ2) is 3.48. The highest BCUT2D eigenvalue weighted by Gasteiger charge is 2.26. The fourth-order valence-electron chi connectivity index (χ4n) is 0.779. The predicted octanol–water partition coefficient (Wildman–Crippen LogP) is 2.21. The van der Waals surface area contributed by atoms with Crippen LogP contribution in [-0.4, -0.2) is 9.97 Å². The molecule has 0 aromatic carbocycles. The van der Waals surface area contributed by atoms with E-state index in [-0.39, 0.29) is 11.4 Å². The topological polar surface area (TPSA) is 45.8 Å². The van der Waals surface area contributed by atoms with Crippen LogP contribution in [0.1, 0.15) is 17.1 Å². The van der Waals surface area contributed by atoms with Crippen LogP contribution >= 0.6 is 34.8 Å². The zero-order chi connectivity index (χ0) is 10.2. The van der Waals surface area contributed by atoms with Gasteiger partial charge in [-0.3, -0.25) is 4.79 Å². The number of hydrogen-bond donors (Lipinski definition) is 1. The van der Waals surface area contributed by atoms with Gasteiger partial charge in [0.05, 0.1) is 0 Å². The highest BCUT2D eigenvalue weighted by molar-refractivity contribution is 6.66. The maximum Gasteiger partial charge on any atom is 0.254 e. The molecule has 0 spiro atoms. The van der Waals surface area contributed by atoms with Gasteiger partial charge in [0.15, 0.2) is 5.82 Å². The fraction of sp³-hybridized carbons (Fsp3) is 0.429. The Bertz CT molecular complexity index is 380. The van der Waals surface area contributed by atoms with Gasteiger partial charge in [0.1, 0.15) is 0 Å². The van der Waals surface area contributed by atoms with Crippen molar-refractivity contribution in [1.82, 2.24) is 9.97 Å². The van der Waals surface area contributed by atoms with E-state index in [0.29, 0.717) is 11.3 Å². The number of aromatic amines is 1. The summed E-state index contributed by atoms with van der Waals surface area (Å²) in [4.78, 5) is 17.6. The third-order valence-electron chi connectivity index (χ3n) is 1.66. The summed E-state index contributed by atoms with van der Waals surface area (Å²) < 4.78 is -1.68. The van der Waals surface area contributed by atoms with Crippen LogP contribution in [0.3, 0.4) is 0 Å². The monoisotopic (exact) mass is 240 g/mol. The Hall–Kier alpha value is -0.250. The van der Waals surface area contributed by atoms with Gasteiger partial charge in [-0.1, -0.05) is 34.8 Å². The molecule has 13 heavy (non-hydrogen) atoms. The molecule has 1 N–H and O–H groups in total. The molecule has 0 bridgehead atoms. The van der Waals surface area contributed by atoms with Crippen LogP contribution in [0.15, 0.2) is 4.79 Å². The Morgan fingerprint density at radius 3 is 2.23 bits per heavy atom. The highest BCUT2D eigenvalue weighted by atomic mass is 35.6. The molecule has 0 aliphatic carbocycles. The number of halogens is 3. The van der Waals surface area contributed by atoms with E-state index in [9.17, 15) is 4.79 Å². The van der Waals surface area contributed by atoms with Gasteiger partial charge in [-0.05, 0) is 13.8 Å². The van der Waals surface area contributed by atoms with E-state index < -0.39 is 3.79 Å². The first kappa shape index (κ1) is 10.8. The molecule has 72 valence electrons. The lowest BCUT2D eigenvalue weighted by atomic mass is 10.3. The number of aryl methyl sites for hydroxylation is 1. The molecule has 1 aromatic rings. The molecule has 3 nitrogen and oxygen atoms in total. The van der Waals surface area contributed by atoms with Crippen molar-refractivity contribution in [2.24, 2.45) is 0 Å². The summed E-state index contributed by atoms with van der Waals surface area (Å²) in [6.07, 6.45) is 0. The van der Waals surface area contributed by atoms with Crippen LogP contribution < -0.4 is 5.56 Å². The van der Waals surface area contributed by atoms with Crippen molar-refractivity contribution in [2.45, 2.75) is 17.6 Å². The number of nitrogens with one attached hydrogen (secondary N) is 1. The van der Waals surface area contributed by atoms with Crippen molar-refractivity contribution in [3.05, 3.63) is 27.4 Å². The van der Waals surface area contributed by atoms with Crippen LogP contribution in [0, 0.1) is 13.8 Å². The van der Waals surface area contributed by atoms with E-state index in [1.807, 2.05) is 0 Å². The summed E-state index contributed by atoms with van der Waals surface area (Å²) >= 11 is 16.7. The van der Waals surface area contributed by atoms with Gasteiger partial charge >= 0.3 is 0 Å². The molecule has 6 heteroatoms. The molecule has 0 saturated heterocycles. The molecule has 0 amide bonds. The first-order chi connectivity index (χ1) is 5.82. The minimum Gasteiger partial charge on any atom is -0.307 e. The minimum atomic E-state index is -1.68. The van der Waals surface area contributed by atoms with Crippen LogP contribution in [0.5, 0.6) is 0 Å². The van der Waals surface area contributed by atoms with E-state index in [0.717, 1.165) is 0 Å². The maximum absolute atomic E-state index is 11.2. The largest absolute Gasteiger partial charge is 0.307 e. The number of hydrogen-bond acceptors (Lipinski definition) is 2. The fourth-order valence-corrected chi connectivity index (χ4v) is 1.05. The molecular weight excluding hydrogens is 234 g/mol. The Labute approximate surface area is 90.0 Å². The molecular formula is C7H7Cl3N2O. The summed E-state index contributed by atoms with van der Waals surface area (Å²) in [7, 11) is 0. The molecule has 0 unspecified atom stereocenters. The van der Waals surface area contributed by atoms with Gasteiger partial charge in [0.2, 0.25) is 3.79 Å². The average molecular weight is 242 g/mol. The first-order valence-corrected chi connectivity index (χ1v) is 4.60. The van der Waals surface area contributed by atoms with Crippen LogP contribution in [-0.2, 0) is 3.79 Å². The van der Waals surface area contributed by atoms with E-state index in [1.165, 1.54) is 0 Å². The average Bonchev–Trinajstić information content (AvgIpc) is 1.97. The standard InChI is InChI=1S/C7H7Cl3N2O/c1-3-4(2)11-6(7(8,9)10)12-5(3)13/h1-2H3,(H,11,12,13). The number of nitrogens with zero attached hydrogens (tertiary/aromatic N) is 1. The van der Waals surface area contributed by atoms with Crippen molar-refractivity contribution < 1.29 is 0 Å². The molecule has 1 heterocycles. The second-order valence-electron chi connectivity index (χ2n) is 2.62. The summed E-state index contributed by atoms with van der Waals surface area (Å²) in [6.45, 7) is 3.34. The van der Waals surface area contributed by atoms with E-state index in [4.69, 9.17) is 34.8 Å². The minimum absolute atomic E-state index is 0.0469. The lowest BCUT2D eigenvalue weighted by Gasteiger charge is -2.10. The smallest absolute Gasteiger partial charge is 0.254 e. The molecule has 0 aliphatic rings. The first-order valence-electron chi connectivity index (χ1n) is 3.47. The normalized spacial score (nSPS) is 11.8. The van der Waals surface area contributed by atoms with Gasteiger partial charge in [-0.15, -0.1) is 0 Å². The predicted molar refractivity (Wildman–Crippen MR) is 53.6 cm³/mol. The van der Waals surface area contributed by atoms with Crippen molar-refractivity contribution in [3.8, 4) is 0 Å². The lowest BCUT2D eigenvalue weighted by Crippen LogP contribution is -2.20. The third kappa shape index (κ3) is 2.36. The van der Waals surface area contributed by atoms with Gasteiger partial charge in [0, 0.05) is 11.3 Å². The van der Waals surface area contributed by atoms with E-state index in [2.05, 4.69) is 9.97 Å². The van der Waals surface area contributed by atoms with Gasteiger partial charge in [0.25, 0.3) is 5.56 Å². The van der Waals surface area contributed by atoms with E-state index >= 15 is 0 Å². The zero-order valence-electron chi connectivity index (χ0n) is 6.99. The Kier molecular flexibility index (Phi) is 2.90. The van der Waals surface area contributed by atoms with E-state index in [1.54, 1.807) is 13.8 Å². The summed E-state index contributed by atoms with van der Waals surface area (Å²) in [6, 6.07) is 0. The summed E-state index contributed by atoms with van der Waals surface area (Å²) in [5, 5.41) is 0. The lowest BCUT2D eigenvalue weighted by molar-refractivity contribution is 0.901. The molecule has 0 aliphatic heterocycles. The number of alkyl halides is 3. The van der Waals surface area contributed by atoms with Gasteiger partial charge in [-0.2, -0.15) is 0 Å².